The SMILES string of the molecule is Cn1cccc1C(=O)Nc1cn[nH]c1C(=O)OC(C)(C)C. The fourth-order valence-corrected chi connectivity index (χ4v) is 1.75. The van der Waals surface area contributed by atoms with Crippen molar-refractivity contribution >= 4 is 17.6 Å². The lowest BCUT2D eigenvalue weighted by Crippen LogP contribution is -2.25. The lowest BCUT2D eigenvalue weighted by molar-refractivity contribution is 0.00641. The van der Waals surface area contributed by atoms with Crippen molar-refractivity contribution in [3.05, 3.63) is 35.9 Å². The van der Waals surface area contributed by atoms with Gasteiger partial charge in [0.05, 0.1) is 11.9 Å². The van der Waals surface area contributed by atoms with Crippen LogP contribution >= 0.6 is 0 Å². The van der Waals surface area contributed by atoms with E-state index in [1.807, 2.05) is 0 Å². The number of aromatic nitrogens is 3. The minimum absolute atomic E-state index is 0.118. The first-order valence-corrected chi connectivity index (χ1v) is 6.47. The van der Waals surface area contributed by atoms with Crippen LogP contribution in [0.3, 0.4) is 0 Å². The Hall–Kier alpha value is -2.57. The van der Waals surface area contributed by atoms with E-state index in [-0.39, 0.29) is 17.3 Å². The van der Waals surface area contributed by atoms with Crippen molar-refractivity contribution < 1.29 is 14.3 Å². The Balaban J connectivity index is 2.16. The van der Waals surface area contributed by atoms with Crippen molar-refractivity contribution in [2.24, 2.45) is 7.05 Å². The number of nitrogens with zero attached hydrogens (tertiary/aromatic N) is 2. The molecule has 0 atom stereocenters. The van der Waals surface area contributed by atoms with E-state index in [1.165, 1.54) is 6.20 Å². The number of aryl methyl sites for hydroxylation is 1. The molecule has 0 saturated heterocycles. The Morgan fingerprint density at radius 3 is 2.67 bits per heavy atom. The Kier molecular flexibility index (Phi) is 3.84. The number of rotatable bonds is 3. The Morgan fingerprint density at radius 1 is 1.38 bits per heavy atom. The second-order valence-corrected chi connectivity index (χ2v) is 5.62. The van der Waals surface area contributed by atoms with Gasteiger partial charge in [0.15, 0.2) is 5.69 Å². The summed E-state index contributed by atoms with van der Waals surface area (Å²) < 4.78 is 6.94. The molecule has 2 N–H and O–H groups in total. The minimum atomic E-state index is -0.623. The fraction of sp³-hybridized carbons (Fsp3) is 0.357. The molecule has 2 aromatic heterocycles. The van der Waals surface area contributed by atoms with Crippen LogP contribution in [-0.4, -0.2) is 32.2 Å². The van der Waals surface area contributed by atoms with Gasteiger partial charge in [-0.25, -0.2) is 4.79 Å². The van der Waals surface area contributed by atoms with Crippen molar-refractivity contribution in [2.45, 2.75) is 26.4 Å². The van der Waals surface area contributed by atoms with Gasteiger partial charge in [-0.15, -0.1) is 0 Å². The number of nitrogens with one attached hydrogen (secondary N) is 2. The number of aromatic amines is 1. The molecule has 21 heavy (non-hydrogen) atoms. The zero-order chi connectivity index (χ0) is 15.6. The third kappa shape index (κ3) is 3.50. The number of esters is 1. The summed E-state index contributed by atoms with van der Waals surface area (Å²) in [5, 5.41) is 8.98. The highest BCUT2D eigenvalue weighted by Gasteiger charge is 2.23. The first-order valence-electron chi connectivity index (χ1n) is 6.47. The first-order chi connectivity index (χ1) is 9.78. The number of carbonyl (C=O) groups excluding carboxylic acids is 2. The molecule has 2 heterocycles. The van der Waals surface area contributed by atoms with Crippen LogP contribution in [0, 0.1) is 0 Å². The maximum absolute atomic E-state index is 12.1. The summed E-state index contributed by atoms with van der Waals surface area (Å²) in [6.07, 6.45) is 3.14. The number of amides is 1. The standard InChI is InChI=1S/C14H18N4O3/c1-14(2,3)21-13(20)11-9(8-15-17-11)16-12(19)10-6-5-7-18(10)4/h5-8H,1-4H3,(H,15,17)(H,16,19). The van der Waals surface area contributed by atoms with Crippen LogP contribution in [0.15, 0.2) is 24.5 Å². The molecule has 0 aliphatic carbocycles. The molecule has 1 amide bonds. The van der Waals surface area contributed by atoms with E-state index in [1.54, 1.807) is 50.7 Å². The summed E-state index contributed by atoms with van der Waals surface area (Å²) in [7, 11) is 1.76. The molecule has 0 aliphatic heterocycles. The van der Waals surface area contributed by atoms with E-state index >= 15 is 0 Å². The van der Waals surface area contributed by atoms with E-state index in [4.69, 9.17) is 4.74 Å². The molecule has 0 fully saturated rings. The molecule has 7 heteroatoms. The minimum Gasteiger partial charge on any atom is -0.455 e. The zero-order valence-electron chi connectivity index (χ0n) is 12.4. The largest absolute Gasteiger partial charge is 0.455 e. The second kappa shape index (κ2) is 5.43. The molecule has 0 aromatic carbocycles. The number of anilines is 1. The number of H-pyrrole nitrogens is 1. The lowest BCUT2D eigenvalue weighted by atomic mass is 10.2. The average Bonchev–Trinajstić information content (AvgIpc) is 2.95. The highest BCUT2D eigenvalue weighted by Crippen LogP contribution is 2.18. The maximum Gasteiger partial charge on any atom is 0.359 e. The summed E-state index contributed by atoms with van der Waals surface area (Å²) in [5.74, 6) is -0.893. The van der Waals surface area contributed by atoms with Crippen LogP contribution in [0.1, 0.15) is 41.7 Å². The maximum atomic E-state index is 12.1. The van der Waals surface area contributed by atoms with E-state index in [0.29, 0.717) is 5.69 Å². The summed E-state index contributed by atoms with van der Waals surface area (Å²) in [6, 6.07) is 3.45. The number of ether oxygens (including phenoxy) is 1. The van der Waals surface area contributed by atoms with Crippen molar-refractivity contribution in [1.82, 2.24) is 14.8 Å². The van der Waals surface area contributed by atoms with Crippen LogP contribution in [0.5, 0.6) is 0 Å². The monoisotopic (exact) mass is 290 g/mol. The molecule has 112 valence electrons. The van der Waals surface area contributed by atoms with Crippen molar-refractivity contribution in [1.29, 1.82) is 0 Å². The van der Waals surface area contributed by atoms with Gasteiger partial charge in [-0.2, -0.15) is 5.10 Å². The number of hydrogen-bond acceptors (Lipinski definition) is 4. The van der Waals surface area contributed by atoms with Crippen LogP contribution in [-0.2, 0) is 11.8 Å². The van der Waals surface area contributed by atoms with Gasteiger partial charge in [-0.05, 0) is 32.9 Å². The quantitative estimate of drug-likeness (QED) is 0.846. The summed E-state index contributed by atoms with van der Waals surface area (Å²) in [6.45, 7) is 5.30. The van der Waals surface area contributed by atoms with Crippen molar-refractivity contribution in [3.63, 3.8) is 0 Å². The van der Waals surface area contributed by atoms with E-state index < -0.39 is 11.6 Å². The number of carbonyl (C=O) groups is 2. The van der Waals surface area contributed by atoms with Crippen LogP contribution in [0.4, 0.5) is 5.69 Å². The predicted octanol–water partition coefficient (Wildman–Crippen LogP) is 1.96. The smallest absolute Gasteiger partial charge is 0.359 e. The summed E-state index contributed by atoms with van der Waals surface area (Å²) >= 11 is 0. The molecule has 2 aromatic rings. The highest BCUT2D eigenvalue weighted by molar-refractivity contribution is 6.06. The van der Waals surface area contributed by atoms with E-state index in [2.05, 4.69) is 15.5 Å². The number of hydrogen-bond donors (Lipinski definition) is 2. The van der Waals surface area contributed by atoms with Gasteiger partial charge in [0.25, 0.3) is 5.91 Å². The lowest BCUT2D eigenvalue weighted by Gasteiger charge is -2.19. The predicted molar refractivity (Wildman–Crippen MR) is 77.1 cm³/mol. The van der Waals surface area contributed by atoms with Gasteiger partial charge in [-0.1, -0.05) is 0 Å². The molecule has 0 saturated carbocycles. The molecular formula is C14H18N4O3. The van der Waals surface area contributed by atoms with Gasteiger partial charge in [-0.3, -0.25) is 9.89 Å². The summed E-state index contributed by atoms with van der Waals surface area (Å²) in [4.78, 5) is 24.2. The average molecular weight is 290 g/mol. The van der Waals surface area contributed by atoms with Crippen LogP contribution < -0.4 is 5.32 Å². The van der Waals surface area contributed by atoms with Gasteiger partial charge in [0.2, 0.25) is 0 Å². The van der Waals surface area contributed by atoms with Crippen LogP contribution in [0.25, 0.3) is 0 Å². The molecule has 0 spiro atoms. The van der Waals surface area contributed by atoms with Crippen molar-refractivity contribution in [3.8, 4) is 0 Å². The molecule has 0 unspecified atom stereocenters. The Bertz CT molecular complexity index is 664. The van der Waals surface area contributed by atoms with Gasteiger partial charge < -0.3 is 14.6 Å². The molecular weight excluding hydrogens is 272 g/mol. The molecule has 7 nitrogen and oxygen atoms in total. The first kappa shape index (κ1) is 14.8. The van der Waals surface area contributed by atoms with Gasteiger partial charge in [0.1, 0.15) is 11.3 Å². The topological polar surface area (TPSA) is 89.0 Å². The molecule has 0 aliphatic rings. The third-order valence-electron chi connectivity index (χ3n) is 2.67. The van der Waals surface area contributed by atoms with E-state index in [9.17, 15) is 9.59 Å². The molecule has 2 rings (SSSR count). The molecule has 0 radical (unpaired) electrons. The van der Waals surface area contributed by atoms with Crippen molar-refractivity contribution in [2.75, 3.05) is 5.32 Å². The zero-order valence-corrected chi connectivity index (χ0v) is 12.4. The second-order valence-electron chi connectivity index (χ2n) is 5.62. The van der Waals surface area contributed by atoms with E-state index in [0.717, 1.165) is 0 Å². The fourth-order valence-electron chi connectivity index (χ4n) is 1.75. The third-order valence-corrected chi connectivity index (χ3v) is 2.67. The van der Waals surface area contributed by atoms with Gasteiger partial charge in [0, 0.05) is 13.2 Å². The Labute approximate surface area is 122 Å². The normalized spacial score (nSPS) is 11.2. The summed E-state index contributed by atoms with van der Waals surface area (Å²) in [5.41, 5.74) is 0.260. The molecule has 0 bridgehead atoms. The van der Waals surface area contributed by atoms with Gasteiger partial charge >= 0.3 is 5.97 Å². The highest BCUT2D eigenvalue weighted by atomic mass is 16.6. The van der Waals surface area contributed by atoms with Crippen LogP contribution in [0.2, 0.25) is 0 Å². The Morgan fingerprint density at radius 2 is 2.10 bits per heavy atom.